The number of hydrogen-bond donors (Lipinski definition) is 1. The average Bonchev–Trinajstić information content (AvgIpc) is 2.48. The zero-order chi connectivity index (χ0) is 14.3. The van der Waals surface area contributed by atoms with Crippen LogP contribution in [0.4, 0.5) is 0 Å². The molecule has 1 aromatic rings. The maximum atomic E-state index is 11.9. The maximum Gasteiger partial charge on any atom is 0.323 e. The highest BCUT2D eigenvalue weighted by molar-refractivity contribution is 5.76. The lowest BCUT2D eigenvalue weighted by Gasteiger charge is -2.27. The molecule has 3 unspecified atom stereocenters. The molecule has 3 nitrogen and oxygen atoms in total. The number of rotatable bonds is 7. The monoisotopic (exact) mass is 263 g/mol. The first-order chi connectivity index (χ1) is 9.13. The van der Waals surface area contributed by atoms with E-state index in [4.69, 9.17) is 4.74 Å². The number of ether oxygens (including phenoxy) is 1. The van der Waals surface area contributed by atoms with Gasteiger partial charge in [-0.25, -0.2) is 0 Å². The Kier molecular flexibility index (Phi) is 6.57. The van der Waals surface area contributed by atoms with Crippen molar-refractivity contribution in [1.29, 1.82) is 0 Å². The van der Waals surface area contributed by atoms with Gasteiger partial charge in [0.1, 0.15) is 6.04 Å². The molecule has 1 N–H and O–H groups in total. The molecule has 0 bridgehead atoms. The highest BCUT2D eigenvalue weighted by Gasteiger charge is 2.27. The number of methoxy groups -OCH3 is 1. The normalized spacial score (nSPS) is 15.6. The van der Waals surface area contributed by atoms with Crippen LogP contribution in [-0.4, -0.2) is 19.1 Å². The predicted molar refractivity (Wildman–Crippen MR) is 77.9 cm³/mol. The Morgan fingerprint density at radius 1 is 1.21 bits per heavy atom. The molecule has 0 aliphatic carbocycles. The SMILES string of the molecule is CCC(NC(C(=O)OC)C(C)CC)c1ccccc1. The molecule has 1 aromatic carbocycles. The van der Waals surface area contributed by atoms with E-state index < -0.39 is 0 Å². The molecule has 0 heterocycles. The molecule has 3 heteroatoms. The molecule has 0 saturated heterocycles. The lowest BCUT2D eigenvalue weighted by molar-refractivity contribution is -0.144. The van der Waals surface area contributed by atoms with E-state index in [2.05, 4.69) is 38.2 Å². The first-order valence-corrected chi connectivity index (χ1v) is 7.02. The summed E-state index contributed by atoms with van der Waals surface area (Å²) in [6.45, 7) is 6.29. The first kappa shape index (κ1) is 15.7. The van der Waals surface area contributed by atoms with Gasteiger partial charge in [0.25, 0.3) is 0 Å². The van der Waals surface area contributed by atoms with Gasteiger partial charge in [-0.15, -0.1) is 0 Å². The van der Waals surface area contributed by atoms with Gasteiger partial charge in [-0.2, -0.15) is 0 Å². The molecule has 0 spiro atoms. The molecule has 3 atom stereocenters. The minimum Gasteiger partial charge on any atom is -0.468 e. The van der Waals surface area contributed by atoms with Gasteiger partial charge in [-0.3, -0.25) is 10.1 Å². The summed E-state index contributed by atoms with van der Waals surface area (Å²) < 4.78 is 4.92. The van der Waals surface area contributed by atoms with E-state index in [0.29, 0.717) is 0 Å². The van der Waals surface area contributed by atoms with E-state index in [1.54, 1.807) is 0 Å². The molecule has 0 aromatic heterocycles. The minimum atomic E-state index is -0.250. The second-order valence-corrected chi connectivity index (χ2v) is 4.92. The van der Waals surface area contributed by atoms with Crippen molar-refractivity contribution in [2.75, 3.05) is 7.11 Å². The van der Waals surface area contributed by atoms with Crippen LogP contribution in [0.15, 0.2) is 30.3 Å². The fourth-order valence-electron chi connectivity index (χ4n) is 2.18. The van der Waals surface area contributed by atoms with E-state index in [9.17, 15) is 4.79 Å². The Hall–Kier alpha value is -1.35. The molecule has 106 valence electrons. The van der Waals surface area contributed by atoms with Crippen molar-refractivity contribution >= 4 is 5.97 Å². The Labute approximate surface area is 116 Å². The standard InChI is InChI=1S/C16H25NO2/c1-5-12(3)15(16(18)19-4)17-14(6-2)13-10-8-7-9-11-13/h7-12,14-15,17H,5-6H2,1-4H3. The lowest BCUT2D eigenvalue weighted by Crippen LogP contribution is -2.44. The number of carbonyl (C=O) groups is 1. The van der Waals surface area contributed by atoms with E-state index in [1.165, 1.54) is 12.7 Å². The first-order valence-electron chi connectivity index (χ1n) is 7.02. The largest absolute Gasteiger partial charge is 0.468 e. The van der Waals surface area contributed by atoms with Gasteiger partial charge >= 0.3 is 5.97 Å². The van der Waals surface area contributed by atoms with Crippen LogP contribution in [0.3, 0.4) is 0 Å². The van der Waals surface area contributed by atoms with Gasteiger partial charge in [0, 0.05) is 6.04 Å². The zero-order valence-electron chi connectivity index (χ0n) is 12.3. The Balaban J connectivity index is 2.84. The molecule has 0 amide bonds. The minimum absolute atomic E-state index is 0.177. The van der Waals surface area contributed by atoms with Crippen LogP contribution in [0.5, 0.6) is 0 Å². The third kappa shape index (κ3) is 4.35. The molecule has 1 rings (SSSR count). The predicted octanol–water partition coefficient (Wildman–Crippen LogP) is 3.32. The lowest BCUT2D eigenvalue weighted by atomic mass is 9.96. The Morgan fingerprint density at radius 2 is 1.84 bits per heavy atom. The maximum absolute atomic E-state index is 11.9. The molecule has 19 heavy (non-hydrogen) atoms. The summed E-state index contributed by atoms with van der Waals surface area (Å²) in [5.74, 6) is 0.0777. The highest BCUT2D eigenvalue weighted by Crippen LogP contribution is 2.20. The van der Waals surface area contributed by atoms with Crippen LogP contribution >= 0.6 is 0 Å². The van der Waals surface area contributed by atoms with Gasteiger partial charge in [0.05, 0.1) is 7.11 Å². The van der Waals surface area contributed by atoms with Crippen LogP contribution < -0.4 is 5.32 Å². The molecule has 0 aliphatic rings. The Morgan fingerprint density at radius 3 is 2.32 bits per heavy atom. The summed E-state index contributed by atoms with van der Waals surface area (Å²) >= 11 is 0. The smallest absolute Gasteiger partial charge is 0.323 e. The number of carbonyl (C=O) groups excluding carboxylic acids is 1. The second-order valence-electron chi connectivity index (χ2n) is 4.92. The summed E-state index contributed by atoms with van der Waals surface area (Å²) in [5.41, 5.74) is 1.21. The summed E-state index contributed by atoms with van der Waals surface area (Å²) in [6, 6.07) is 10.2. The topological polar surface area (TPSA) is 38.3 Å². The summed E-state index contributed by atoms with van der Waals surface area (Å²) in [4.78, 5) is 11.9. The third-order valence-corrected chi connectivity index (χ3v) is 3.66. The van der Waals surface area contributed by atoms with Crippen molar-refractivity contribution in [3.63, 3.8) is 0 Å². The van der Waals surface area contributed by atoms with Gasteiger partial charge in [0.15, 0.2) is 0 Å². The van der Waals surface area contributed by atoms with Gasteiger partial charge in [-0.05, 0) is 17.9 Å². The fourth-order valence-corrected chi connectivity index (χ4v) is 2.18. The van der Waals surface area contributed by atoms with Gasteiger partial charge < -0.3 is 4.74 Å². The van der Waals surface area contributed by atoms with Crippen molar-refractivity contribution in [2.45, 2.75) is 45.7 Å². The fraction of sp³-hybridized carbons (Fsp3) is 0.562. The molecule has 0 aliphatic heterocycles. The number of benzene rings is 1. The second kappa shape index (κ2) is 7.95. The van der Waals surface area contributed by atoms with Crippen molar-refractivity contribution < 1.29 is 9.53 Å². The number of esters is 1. The zero-order valence-corrected chi connectivity index (χ0v) is 12.3. The number of nitrogens with one attached hydrogen (secondary N) is 1. The van der Waals surface area contributed by atoms with Crippen LogP contribution in [0, 0.1) is 5.92 Å². The molecule has 0 fully saturated rings. The van der Waals surface area contributed by atoms with E-state index in [1.807, 2.05) is 18.2 Å². The van der Waals surface area contributed by atoms with Crippen molar-refractivity contribution in [1.82, 2.24) is 5.32 Å². The van der Waals surface area contributed by atoms with Crippen LogP contribution in [-0.2, 0) is 9.53 Å². The van der Waals surface area contributed by atoms with Crippen LogP contribution in [0.25, 0.3) is 0 Å². The molecule has 0 saturated carbocycles. The highest BCUT2D eigenvalue weighted by atomic mass is 16.5. The third-order valence-electron chi connectivity index (χ3n) is 3.66. The Bertz CT molecular complexity index is 378. The average molecular weight is 263 g/mol. The van der Waals surface area contributed by atoms with Crippen molar-refractivity contribution in [3.8, 4) is 0 Å². The number of hydrogen-bond acceptors (Lipinski definition) is 3. The molecule has 0 radical (unpaired) electrons. The van der Waals surface area contributed by atoms with Gasteiger partial charge in [-0.1, -0.05) is 57.5 Å². The van der Waals surface area contributed by atoms with E-state index >= 15 is 0 Å². The summed E-state index contributed by atoms with van der Waals surface area (Å²) in [5, 5.41) is 3.45. The molecular weight excluding hydrogens is 238 g/mol. The molecular formula is C16H25NO2. The quantitative estimate of drug-likeness (QED) is 0.767. The van der Waals surface area contributed by atoms with E-state index in [-0.39, 0.29) is 24.0 Å². The van der Waals surface area contributed by atoms with Crippen molar-refractivity contribution in [3.05, 3.63) is 35.9 Å². The summed E-state index contributed by atoms with van der Waals surface area (Å²) in [7, 11) is 1.45. The summed E-state index contributed by atoms with van der Waals surface area (Å²) in [6.07, 6.45) is 1.88. The van der Waals surface area contributed by atoms with Crippen LogP contribution in [0.1, 0.15) is 45.2 Å². The van der Waals surface area contributed by atoms with Crippen LogP contribution in [0.2, 0.25) is 0 Å². The van der Waals surface area contributed by atoms with Crippen molar-refractivity contribution in [2.24, 2.45) is 5.92 Å². The van der Waals surface area contributed by atoms with E-state index in [0.717, 1.165) is 12.8 Å². The van der Waals surface area contributed by atoms with Gasteiger partial charge in [0.2, 0.25) is 0 Å².